The molecule has 0 heterocycles. The lowest BCUT2D eigenvalue weighted by Gasteiger charge is -2.27. The predicted octanol–water partition coefficient (Wildman–Crippen LogP) is 3.32. The molecule has 6 heteroatoms. The van der Waals surface area contributed by atoms with Crippen LogP contribution in [0, 0.1) is 0 Å². The highest BCUT2D eigenvalue weighted by Gasteiger charge is 2.31. The van der Waals surface area contributed by atoms with Gasteiger partial charge in [0.05, 0.1) is 0 Å². The van der Waals surface area contributed by atoms with Crippen LogP contribution >= 0.6 is 0 Å². The Morgan fingerprint density at radius 2 is 2.05 bits per heavy atom. The number of nitrogens with two attached hydrogens (primary N) is 1. The largest absolute Gasteiger partial charge is 0.573 e. The molecule has 0 aliphatic carbocycles. The Kier molecular flexibility index (Phi) is 6.29. The van der Waals surface area contributed by atoms with E-state index in [2.05, 4.69) is 16.6 Å². The number of unbranched alkanes of at least 4 members (excludes halogenated alkanes) is 1. The van der Waals surface area contributed by atoms with E-state index in [1.807, 2.05) is 7.05 Å². The van der Waals surface area contributed by atoms with Crippen molar-refractivity contribution >= 4 is 0 Å². The molecule has 0 saturated heterocycles. The van der Waals surface area contributed by atoms with E-state index in [1.165, 1.54) is 12.1 Å². The number of hydrogen-bond acceptors (Lipinski definition) is 3. The first kappa shape index (κ1) is 16.8. The van der Waals surface area contributed by atoms with Gasteiger partial charge < -0.3 is 10.5 Å². The highest BCUT2D eigenvalue weighted by molar-refractivity contribution is 5.31. The van der Waals surface area contributed by atoms with Gasteiger partial charge >= 0.3 is 6.36 Å². The second kappa shape index (κ2) is 7.50. The molecule has 1 rings (SSSR count). The van der Waals surface area contributed by atoms with E-state index >= 15 is 0 Å². The maximum Gasteiger partial charge on any atom is 0.573 e. The number of ether oxygens (including phenoxy) is 1. The molecule has 0 aliphatic heterocycles. The van der Waals surface area contributed by atoms with Crippen LogP contribution in [0.3, 0.4) is 0 Å². The van der Waals surface area contributed by atoms with Crippen molar-refractivity contribution in [3.05, 3.63) is 29.8 Å². The van der Waals surface area contributed by atoms with Crippen LogP contribution in [0.1, 0.15) is 31.4 Å². The van der Waals surface area contributed by atoms with Crippen molar-refractivity contribution in [2.24, 2.45) is 5.73 Å². The van der Waals surface area contributed by atoms with Gasteiger partial charge in [-0.1, -0.05) is 25.5 Å². The summed E-state index contributed by atoms with van der Waals surface area (Å²) in [6, 6.07) is 5.89. The molecule has 0 amide bonds. The first-order chi connectivity index (χ1) is 9.37. The molecule has 0 aliphatic rings. The molecule has 1 aromatic rings. The van der Waals surface area contributed by atoms with Gasteiger partial charge in [0.2, 0.25) is 0 Å². The molecule has 1 atom stereocenters. The second-order valence-corrected chi connectivity index (χ2v) is 4.71. The predicted molar refractivity (Wildman–Crippen MR) is 72.5 cm³/mol. The number of halogens is 3. The Labute approximate surface area is 117 Å². The SMILES string of the molecule is CCCCN(C)C(CN)c1cccc(OC(F)(F)F)c1. The van der Waals surface area contributed by atoms with Crippen LogP contribution in [0.15, 0.2) is 24.3 Å². The minimum absolute atomic E-state index is 0.113. The standard InChI is InChI=1S/C14H21F3N2O/c1-3-4-8-19(2)13(10-18)11-6-5-7-12(9-11)20-14(15,16)17/h5-7,9,13H,3-4,8,10,18H2,1-2H3. The van der Waals surface area contributed by atoms with Gasteiger partial charge in [0.25, 0.3) is 0 Å². The summed E-state index contributed by atoms with van der Waals surface area (Å²) < 4.78 is 40.6. The van der Waals surface area contributed by atoms with Crippen LogP contribution in [-0.2, 0) is 0 Å². The highest BCUT2D eigenvalue weighted by Crippen LogP contribution is 2.27. The smallest absolute Gasteiger partial charge is 0.406 e. The van der Waals surface area contributed by atoms with Gasteiger partial charge in [0.1, 0.15) is 5.75 Å². The summed E-state index contributed by atoms with van der Waals surface area (Å²) in [4.78, 5) is 2.05. The van der Waals surface area contributed by atoms with Gasteiger partial charge in [-0.05, 0) is 37.7 Å². The Bertz CT molecular complexity index is 410. The van der Waals surface area contributed by atoms with E-state index < -0.39 is 6.36 Å². The normalized spacial score (nSPS) is 13.6. The summed E-state index contributed by atoms with van der Waals surface area (Å²) in [5, 5.41) is 0. The number of alkyl halides is 3. The van der Waals surface area contributed by atoms with Crippen molar-refractivity contribution in [1.82, 2.24) is 4.90 Å². The average Bonchev–Trinajstić information content (AvgIpc) is 2.35. The fraction of sp³-hybridized carbons (Fsp3) is 0.571. The average molecular weight is 290 g/mol. The van der Waals surface area contributed by atoms with E-state index in [9.17, 15) is 13.2 Å². The molecule has 0 radical (unpaired) electrons. The number of likely N-dealkylation sites (N-methyl/N-ethyl adjacent to an activating group) is 1. The Morgan fingerprint density at radius 3 is 2.60 bits per heavy atom. The van der Waals surface area contributed by atoms with Crippen molar-refractivity contribution in [3.8, 4) is 5.75 Å². The summed E-state index contributed by atoms with van der Waals surface area (Å²) in [5.74, 6) is -0.211. The molecular formula is C14H21F3N2O. The van der Waals surface area contributed by atoms with Crippen LogP contribution in [0.4, 0.5) is 13.2 Å². The molecule has 0 saturated carbocycles. The summed E-state index contributed by atoms with van der Waals surface area (Å²) in [6.45, 7) is 3.28. The third kappa shape index (κ3) is 5.38. The molecule has 1 aromatic carbocycles. The van der Waals surface area contributed by atoms with Gasteiger partial charge in [-0.15, -0.1) is 13.2 Å². The third-order valence-corrected chi connectivity index (χ3v) is 3.10. The molecular weight excluding hydrogens is 269 g/mol. The van der Waals surface area contributed by atoms with Crippen molar-refractivity contribution < 1.29 is 17.9 Å². The summed E-state index contributed by atoms with van der Waals surface area (Å²) in [5.41, 5.74) is 6.48. The minimum Gasteiger partial charge on any atom is -0.406 e. The van der Waals surface area contributed by atoms with E-state index in [1.54, 1.807) is 12.1 Å². The van der Waals surface area contributed by atoms with E-state index in [4.69, 9.17) is 5.73 Å². The maximum absolute atomic E-state index is 12.2. The van der Waals surface area contributed by atoms with Crippen molar-refractivity contribution in [1.29, 1.82) is 0 Å². The highest BCUT2D eigenvalue weighted by atomic mass is 19.4. The van der Waals surface area contributed by atoms with E-state index in [0.29, 0.717) is 6.54 Å². The molecule has 0 fully saturated rings. The fourth-order valence-electron chi connectivity index (χ4n) is 2.05. The second-order valence-electron chi connectivity index (χ2n) is 4.71. The molecule has 0 spiro atoms. The molecule has 0 bridgehead atoms. The van der Waals surface area contributed by atoms with Crippen LogP contribution in [0.25, 0.3) is 0 Å². The molecule has 2 N–H and O–H groups in total. The first-order valence-corrected chi connectivity index (χ1v) is 6.63. The topological polar surface area (TPSA) is 38.5 Å². The number of nitrogens with zero attached hydrogens (tertiary/aromatic N) is 1. The fourth-order valence-corrected chi connectivity index (χ4v) is 2.05. The number of benzene rings is 1. The van der Waals surface area contributed by atoms with E-state index in [0.717, 1.165) is 24.9 Å². The lowest BCUT2D eigenvalue weighted by atomic mass is 10.1. The van der Waals surface area contributed by atoms with Gasteiger partial charge in [-0.25, -0.2) is 0 Å². The lowest BCUT2D eigenvalue weighted by Crippen LogP contribution is -2.31. The van der Waals surface area contributed by atoms with Gasteiger partial charge in [0, 0.05) is 12.6 Å². The van der Waals surface area contributed by atoms with Gasteiger partial charge in [-0.3, -0.25) is 4.90 Å². The molecule has 20 heavy (non-hydrogen) atoms. The Balaban J connectivity index is 2.84. The maximum atomic E-state index is 12.2. The zero-order valence-corrected chi connectivity index (χ0v) is 11.8. The van der Waals surface area contributed by atoms with Crippen molar-refractivity contribution in [2.75, 3.05) is 20.1 Å². The summed E-state index contributed by atoms with van der Waals surface area (Å²) >= 11 is 0. The molecule has 0 aromatic heterocycles. The van der Waals surface area contributed by atoms with Crippen molar-refractivity contribution in [3.63, 3.8) is 0 Å². The molecule has 1 unspecified atom stereocenters. The monoisotopic (exact) mass is 290 g/mol. The van der Waals surface area contributed by atoms with Gasteiger partial charge in [-0.2, -0.15) is 0 Å². The molecule has 114 valence electrons. The van der Waals surface area contributed by atoms with E-state index in [-0.39, 0.29) is 11.8 Å². The summed E-state index contributed by atoms with van der Waals surface area (Å²) in [7, 11) is 1.92. The first-order valence-electron chi connectivity index (χ1n) is 6.63. The quantitative estimate of drug-likeness (QED) is 0.837. The minimum atomic E-state index is -4.68. The summed E-state index contributed by atoms with van der Waals surface area (Å²) in [6.07, 6.45) is -2.60. The zero-order chi connectivity index (χ0) is 15.2. The van der Waals surface area contributed by atoms with Crippen molar-refractivity contribution in [2.45, 2.75) is 32.2 Å². The number of rotatable bonds is 7. The van der Waals surface area contributed by atoms with Crippen LogP contribution < -0.4 is 10.5 Å². The Hall–Kier alpha value is -1.27. The third-order valence-electron chi connectivity index (χ3n) is 3.10. The molecule has 3 nitrogen and oxygen atoms in total. The number of hydrogen-bond donors (Lipinski definition) is 1. The van der Waals surface area contributed by atoms with Crippen LogP contribution in [0.2, 0.25) is 0 Å². The van der Waals surface area contributed by atoms with Gasteiger partial charge in [0.15, 0.2) is 0 Å². The Morgan fingerprint density at radius 1 is 1.35 bits per heavy atom. The van der Waals surface area contributed by atoms with Crippen LogP contribution in [0.5, 0.6) is 5.75 Å². The zero-order valence-electron chi connectivity index (χ0n) is 11.8. The lowest BCUT2D eigenvalue weighted by molar-refractivity contribution is -0.274. The van der Waals surface area contributed by atoms with Crippen LogP contribution in [-0.4, -0.2) is 31.4 Å².